The van der Waals surface area contributed by atoms with Gasteiger partial charge in [0.1, 0.15) is 17.7 Å². The van der Waals surface area contributed by atoms with Crippen molar-refractivity contribution in [1.82, 2.24) is 20.1 Å². The van der Waals surface area contributed by atoms with E-state index in [1.54, 1.807) is 36.2 Å². The van der Waals surface area contributed by atoms with Gasteiger partial charge < -0.3 is 34.3 Å². The summed E-state index contributed by atoms with van der Waals surface area (Å²) in [5.74, 6) is -0.549. The van der Waals surface area contributed by atoms with Gasteiger partial charge in [-0.3, -0.25) is 19.2 Å². The Morgan fingerprint density at radius 1 is 1.02 bits per heavy atom. The van der Waals surface area contributed by atoms with Crippen LogP contribution in [0.1, 0.15) is 34.3 Å². The average Bonchev–Trinajstić information content (AvgIpc) is 2.99. The van der Waals surface area contributed by atoms with Crippen molar-refractivity contribution in [1.29, 1.82) is 0 Å². The second-order valence-corrected chi connectivity index (χ2v) is 10.6. The molecule has 2 aromatic carbocycles. The number of methoxy groups -OCH3 is 1. The molecule has 3 amide bonds. The fourth-order valence-corrected chi connectivity index (χ4v) is 5.15. The third-order valence-corrected chi connectivity index (χ3v) is 7.47. The molecule has 11 nitrogen and oxygen atoms in total. The minimum atomic E-state index is -0.682. The van der Waals surface area contributed by atoms with E-state index in [0.717, 1.165) is 5.56 Å². The fraction of sp³-hybridized carbons (Fsp3) is 0.355. The normalized spacial score (nSPS) is 19.4. The number of rotatable bonds is 2. The molecular formula is C31H33FN4O7. The van der Waals surface area contributed by atoms with Gasteiger partial charge in [0.2, 0.25) is 5.91 Å². The summed E-state index contributed by atoms with van der Waals surface area (Å²) in [6, 6.07) is 11.6. The zero-order valence-electron chi connectivity index (χ0n) is 23.9. The minimum absolute atomic E-state index is 0.0848. The van der Waals surface area contributed by atoms with E-state index in [2.05, 4.69) is 10.6 Å². The summed E-state index contributed by atoms with van der Waals surface area (Å²) in [6.07, 6.45) is 1.84. The van der Waals surface area contributed by atoms with E-state index < -0.39 is 23.9 Å². The van der Waals surface area contributed by atoms with Crippen LogP contribution in [0.15, 0.2) is 59.5 Å². The zero-order chi connectivity index (χ0) is 30.5. The Labute approximate surface area is 247 Å². The van der Waals surface area contributed by atoms with E-state index >= 15 is 0 Å². The maximum atomic E-state index is 14.6. The van der Waals surface area contributed by atoms with Gasteiger partial charge in [0.15, 0.2) is 18.1 Å². The molecule has 0 radical (unpaired) electrons. The number of likely N-dealkylation sites (tertiary alicyclic amines) is 1. The van der Waals surface area contributed by atoms with Crippen LogP contribution in [0.4, 0.5) is 4.39 Å². The molecule has 2 atom stereocenters. The molecule has 12 heteroatoms. The van der Waals surface area contributed by atoms with E-state index in [1.807, 2.05) is 6.07 Å². The Morgan fingerprint density at radius 2 is 1.86 bits per heavy atom. The van der Waals surface area contributed by atoms with Crippen LogP contribution in [0.3, 0.4) is 0 Å². The number of nitrogens with one attached hydrogen (secondary N) is 2. The first-order valence-electron chi connectivity index (χ1n) is 14.0. The van der Waals surface area contributed by atoms with Gasteiger partial charge in [0.05, 0.1) is 13.2 Å². The lowest BCUT2D eigenvalue weighted by Crippen LogP contribution is -2.58. The molecule has 3 aromatic rings. The maximum absolute atomic E-state index is 14.6. The number of hydrogen-bond donors (Lipinski definition) is 2. The second kappa shape index (κ2) is 13.0. The second-order valence-electron chi connectivity index (χ2n) is 10.6. The Hall–Kier alpha value is -4.87. The number of nitrogens with zero attached hydrogens (tertiary/aromatic N) is 2. The molecule has 0 aliphatic carbocycles. The van der Waals surface area contributed by atoms with E-state index in [0.29, 0.717) is 29.9 Å². The van der Waals surface area contributed by atoms with Gasteiger partial charge in [-0.1, -0.05) is 6.07 Å². The van der Waals surface area contributed by atoms with Gasteiger partial charge in [0, 0.05) is 63.4 Å². The van der Waals surface area contributed by atoms with Gasteiger partial charge in [-0.15, -0.1) is 0 Å². The maximum Gasteiger partial charge on any atom is 0.258 e. The molecule has 2 aliphatic heterocycles. The first-order valence-corrected chi connectivity index (χ1v) is 14.0. The van der Waals surface area contributed by atoms with E-state index in [-0.39, 0.29) is 61.3 Å². The van der Waals surface area contributed by atoms with Crippen molar-refractivity contribution >= 4 is 17.7 Å². The molecule has 1 aromatic heterocycles. The lowest BCUT2D eigenvalue weighted by Gasteiger charge is -2.39. The molecule has 226 valence electrons. The monoisotopic (exact) mass is 592 g/mol. The number of carbonyl (C=O) groups is 3. The molecule has 2 N–H and O–H groups in total. The summed E-state index contributed by atoms with van der Waals surface area (Å²) in [7, 11) is 3.08. The predicted octanol–water partition coefficient (Wildman–Crippen LogP) is 1.95. The lowest BCUT2D eigenvalue weighted by atomic mass is 10.0. The highest BCUT2D eigenvalue weighted by atomic mass is 19.1. The van der Waals surface area contributed by atoms with Crippen LogP contribution in [-0.2, 0) is 29.6 Å². The first-order chi connectivity index (χ1) is 20.7. The molecule has 1 fully saturated rings. The summed E-state index contributed by atoms with van der Waals surface area (Å²) in [4.78, 5) is 52.6. The Bertz CT molecular complexity index is 1590. The number of fused-ring (bicyclic) bond motifs is 5. The van der Waals surface area contributed by atoms with Crippen molar-refractivity contribution in [2.75, 3.05) is 26.8 Å². The minimum Gasteiger partial charge on any atom is -0.493 e. The highest BCUT2D eigenvalue weighted by Crippen LogP contribution is 2.29. The molecule has 0 spiro atoms. The van der Waals surface area contributed by atoms with Crippen LogP contribution in [0.5, 0.6) is 17.2 Å². The van der Waals surface area contributed by atoms with Gasteiger partial charge in [0.25, 0.3) is 17.4 Å². The number of pyridine rings is 1. The van der Waals surface area contributed by atoms with Gasteiger partial charge in [-0.2, -0.15) is 0 Å². The van der Waals surface area contributed by atoms with Crippen molar-refractivity contribution in [3.63, 3.8) is 0 Å². The number of aryl methyl sites for hydroxylation is 2. The quantitative estimate of drug-likeness (QED) is 0.466. The summed E-state index contributed by atoms with van der Waals surface area (Å²) in [6.45, 7) is 0.120. The van der Waals surface area contributed by atoms with Crippen molar-refractivity contribution in [3.8, 4) is 17.2 Å². The van der Waals surface area contributed by atoms with Crippen LogP contribution in [-0.4, -0.2) is 66.1 Å². The molecule has 0 saturated carbocycles. The number of amides is 3. The number of aromatic nitrogens is 1. The highest BCUT2D eigenvalue weighted by molar-refractivity contribution is 5.94. The average molecular weight is 593 g/mol. The smallest absolute Gasteiger partial charge is 0.258 e. The number of ether oxygens (including phenoxy) is 3. The molecule has 2 aliphatic rings. The van der Waals surface area contributed by atoms with Gasteiger partial charge >= 0.3 is 0 Å². The number of piperidine rings is 1. The molecule has 5 rings (SSSR count). The molecule has 4 bridgehead atoms. The number of halogens is 1. The largest absolute Gasteiger partial charge is 0.493 e. The van der Waals surface area contributed by atoms with Crippen molar-refractivity contribution in [2.24, 2.45) is 7.05 Å². The Balaban J connectivity index is 1.42. The Morgan fingerprint density at radius 3 is 2.65 bits per heavy atom. The number of carbonyl (C=O) groups excluding carboxylic acids is 3. The Kier molecular flexibility index (Phi) is 8.93. The van der Waals surface area contributed by atoms with E-state index in [1.165, 1.54) is 36.1 Å². The third-order valence-electron chi connectivity index (χ3n) is 7.47. The highest BCUT2D eigenvalue weighted by Gasteiger charge is 2.35. The summed E-state index contributed by atoms with van der Waals surface area (Å²) in [5.41, 5.74) is 1.25. The summed E-state index contributed by atoms with van der Waals surface area (Å²) >= 11 is 0. The zero-order valence-corrected chi connectivity index (χ0v) is 23.9. The first kappa shape index (κ1) is 29.6. The summed E-state index contributed by atoms with van der Waals surface area (Å²) < 4.78 is 33.3. The van der Waals surface area contributed by atoms with Gasteiger partial charge in [-0.05, 0) is 47.9 Å². The van der Waals surface area contributed by atoms with Crippen LogP contribution in [0.25, 0.3) is 0 Å². The molecule has 43 heavy (non-hydrogen) atoms. The van der Waals surface area contributed by atoms with Gasteiger partial charge in [-0.25, -0.2) is 4.39 Å². The fourth-order valence-electron chi connectivity index (χ4n) is 5.15. The van der Waals surface area contributed by atoms with Crippen molar-refractivity contribution in [3.05, 3.63) is 87.6 Å². The van der Waals surface area contributed by atoms with Crippen LogP contribution >= 0.6 is 0 Å². The summed E-state index contributed by atoms with van der Waals surface area (Å²) in [5, 5.41) is 5.73. The van der Waals surface area contributed by atoms with Crippen LogP contribution < -0.4 is 30.4 Å². The molecule has 3 heterocycles. The van der Waals surface area contributed by atoms with Crippen LogP contribution in [0, 0.1) is 5.82 Å². The molecule has 1 saturated heterocycles. The molecular weight excluding hydrogens is 559 g/mol. The SMILES string of the molecule is COc1ccc2cc1OCC(=O)N[C@@H]1CN(C(=O)c3ccn(C)c(=O)c3)CC[C@H]1Oc1cc(F)cc(c1)CNC(=O)CC2. The number of benzene rings is 2. The van der Waals surface area contributed by atoms with Crippen molar-refractivity contribution in [2.45, 2.75) is 38.0 Å². The standard InChI is InChI=1S/C31H33FN4O7/c1-35-9-7-21(14-30(35)39)31(40)36-10-8-25-24(17-36)34-29(38)18-42-27-13-19(3-5-26(27)41-2)4-6-28(37)33-16-20-11-22(32)15-23(12-20)43-25/h3,5,7,9,11-15,24-25H,4,6,8,10,16-18H2,1-2H3,(H,33,37)(H,34,38)/t24-,25-/m1/s1. The third kappa shape index (κ3) is 7.32. The molecule has 0 unspecified atom stereocenters. The predicted molar refractivity (Wildman–Crippen MR) is 154 cm³/mol. The van der Waals surface area contributed by atoms with Crippen LogP contribution in [0.2, 0.25) is 0 Å². The van der Waals surface area contributed by atoms with E-state index in [9.17, 15) is 23.6 Å². The topological polar surface area (TPSA) is 128 Å². The lowest BCUT2D eigenvalue weighted by molar-refractivity contribution is -0.125. The van der Waals surface area contributed by atoms with Crippen molar-refractivity contribution < 1.29 is 33.0 Å². The number of hydrogen-bond acceptors (Lipinski definition) is 7. The van der Waals surface area contributed by atoms with E-state index in [4.69, 9.17) is 14.2 Å².